The smallest absolute Gasteiger partial charge is 0.253 e. The van der Waals surface area contributed by atoms with E-state index in [1.165, 1.54) is 31.2 Å². The average Bonchev–Trinajstić information content (AvgIpc) is 3.63. The number of morpholine rings is 1. The van der Waals surface area contributed by atoms with Crippen LogP contribution in [0.2, 0.25) is 0 Å². The van der Waals surface area contributed by atoms with Crippen molar-refractivity contribution < 1.29 is 9.53 Å². The molecule has 7 heteroatoms. The number of fused-ring (bicyclic) bond motifs is 1. The zero-order valence-electron chi connectivity index (χ0n) is 23.5. The second-order valence-electron chi connectivity index (χ2n) is 11.5. The van der Waals surface area contributed by atoms with Gasteiger partial charge in [-0.15, -0.1) is 0 Å². The number of hydrogen-bond acceptors (Lipinski definition) is 5. The summed E-state index contributed by atoms with van der Waals surface area (Å²) in [6.45, 7) is 8.36. The number of aromatic amines is 1. The summed E-state index contributed by atoms with van der Waals surface area (Å²) in [4.78, 5) is 36.4. The highest BCUT2D eigenvalue weighted by molar-refractivity contribution is 6.05. The summed E-state index contributed by atoms with van der Waals surface area (Å²) in [5.74, 6) is 0.341. The standard InChI is InChI=1S/C33H38N4O3/c1-21-15-22(2)36-33(39)29(21)18-35-32(38)28-17-26(16-27-30(28)19-34-31(27)25-5-3-4-6-25)24-9-7-23(8-10-24)20-37-11-13-40-14-12-37/h7-10,15-17,19,25,31H,3-6,11-14,18,20H2,1-2H3,(H,35,38)(H,36,39). The Morgan fingerprint density at radius 2 is 1.80 bits per heavy atom. The Hall–Kier alpha value is -3.55. The summed E-state index contributed by atoms with van der Waals surface area (Å²) in [7, 11) is 0. The van der Waals surface area contributed by atoms with Crippen LogP contribution in [-0.2, 0) is 17.8 Å². The largest absolute Gasteiger partial charge is 0.379 e. The van der Waals surface area contributed by atoms with Gasteiger partial charge in [-0.3, -0.25) is 19.5 Å². The summed E-state index contributed by atoms with van der Waals surface area (Å²) in [5.41, 5.74) is 8.19. The molecule has 0 bridgehead atoms. The van der Waals surface area contributed by atoms with Crippen molar-refractivity contribution in [2.45, 2.75) is 58.7 Å². The van der Waals surface area contributed by atoms with E-state index in [1.54, 1.807) is 0 Å². The lowest BCUT2D eigenvalue weighted by Gasteiger charge is -2.26. The Morgan fingerprint density at radius 1 is 1.05 bits per heavy atom. The molecule has 2 N–H and O–H groups in total. The van der Waals surface area contributed by atoms with Gasteiger partial charge in [0.25, 0.3) is 11.5 Å². The van der Waals surface area contributed by atoms with Crippen molar-refractivity contribution in [1.29, 1.82) is 0 Å². The van der Waals surface area contributed by atoms with Gasteiger partial charge in [0.1, 0.15) is 0 Å². The molecule has 3 heterocycles. The number of benzene rings is 2. The Labute approximate surface area is 235 Å². The quantitative estimate of drug-likeness (QED) is 0.439. The lowest BCUT2D eigenvalue weighted by atomic mass is 9.87. The minimum atomic E-state index is -0.181. The van der Waals surface area contributed by atoms with Crippen LogP contribution in [0.3, 0.4) is 0 Å². The van der Waals surface area contributed by atoms with Crippen LogP contribution < -0.4 is 10.9 Å². The fraction of sp³-hybridized carbons (Fsp3) is 0.424. The topological polar surface area (TPSA) is 86.8 Å². The Kier molecular flexibility index (Phi) is 7.67. The van der Waals surface area contributed by atoms with Crippen molar-refractivity contribution in [1.82, 2.24) is 15.2 Å². The van der Waals surface area contributed by atoms with E-state index in [4.69, 9.17) is 9.73 Å². The molecule has 3 aliphatic rings. The Morgan fingerprint density at radius 3 is 2.52 bits per heavy atom. The van der Waals surface area contributed by atoms with Gasteiger partial charge in [0, 0.05) is 54.8 Å². The Balaban J connectivity index is 1.29. The number of rotatable bonds is 7. The third-order valence-corrected chi connectivity index (χ3v) is 8.70. The van der Waals surface area contributed by atoms with Crippen molar-refractivity contribution in [2.75, 3.05) is 26.3 Å². The first kappa shape index (κ1) is 26.7. The minimum absolute atomic E-state index is 0.104. The number of carbonyl (C=O) groups excluding carboxylic acids is 1. The summed E-state index contributed by atoms with van der Waals surface area (Å²) < 4.78 is 5.48. The molecule has 1 aromatic heterocycles. The van der Waals surface area contributed by atoms with Gasteiger partial charge < -0.3 is 15.0 Å². The number of nitrogens with one attached hydrogen (secondary N) is 2. The number of pyridine rings is 1. The average molecular weight is 539 g/mol. The molecule has 1 atom stereocenters. The van der Waals surface area contributed by atoms with E-state index in [0.29, 0.717) is 17.0 Å². The molecule has 2 aromatic carbocycles. The van der Waals surface area contributed by atoms with Crippen LogP contribution in [0.5, 0.6) is 0 Å². The number of aliphatic imine (C=N–C) groups is 1. The second kappa shape index (κ2) is 11.5. The molecule has 40 heavy (non-hydrogen) atoms. The molecular weight excluding hydrogens is 500 g/mol. The van der Waals surface area contributed by atoms with Crippen LogP contribution >= 0.6 is 0 Å². The van der Waals surface area contributed by atoms with Crippen molar-refractivity contribution in [3.8, 4) is 11.1 Å². The number of hydrogen-bond donors (Lipinski definition) is 2. The highest BCUT2D eigenvalue weighted by Gasteiger charge is 2.32. The first-order valence-corrected chi connectivity index (χ1v) is 14.5. The summed E-state index contributed by atoms with van der Waals surface area (Å²) in [6, 6.07) is 15.0. The predicted molar refractivity (Wildman–Crippen MR) is 158 cm³/mol. The van der Waals surface area contributed by atoms with Gasteiger partial charge in [0.05, 0.1) is 19.3 Å². The van der Waals surface area contributed by atoms with Crippen molar-refractivity contribution in [3.63, 3.8) is 0 Å². The monoisotopic (exact) mass is 538 g/mol. The summed E-state index contributed by atoms with van der Waals surface area (Å²) >= 11 is 0. The maximum atomic E-state index is 13.7. The van der Waals surface area contributed by atoms with Crippen molar-refractivity contribution in [3.05, 3.63) is 91.9 Å². The van der Waals surface area contributed by atoms with Crippen LogP contribution in [-0.4, -0.2) is 48.3 Å². The predicted octanol–water partition coefficient (Wildman–Crippen LogP) is 5.08. The van der Waals surface area contributed by atoms with Crippen LogP contribution in [0.1, 0.15) is 75.6 Å². The van der Waals surface area contributed by atoms with Gasteiger partial charge in [-0.05, 0) is 78.6 Å². The van der Waals surface area contributed by atoms with Gasteiger partial charge in [-0.25, -0.2) is 0 Å². The van der Waals surface area contributed by atoms with Crippen molar-refractivity contribution >= 4 is 12.1 Å². The first-order valence-electron chi connectivity index (χ1n) is 14.5. The molecule has 1 unspecified atom stereocenters. The summed E-state index contributed by atoms with van der Waals surface area (Å²) in [6.07, 6.45) is 6.74. The normalized spacial score (nSPS) is 19.2. The minimum Gasteiger partial charge on any atom is -0.379 e. The fourth-order valence-corrected chi connectivity index (χ4v) is 6.49. The highest BCUT2D eigenvalue weighted by Crippen LogP contribution is 2.43. The van der Waals surface area contributed by atoms with E-state index in [2.05, 4.69) is 45.5 Å². The third-order valence-electron chi connectivity index (χ3n) is 8.70. The zero-order chi connectivity index (χ0) is 27.6. The number of aryl methyl sites for hydroxylation is 2. The van der Waals surface area contributed by atoms with E-state index in [-0.39, 0.29) is 24.1 Å². The van der Waals surface area contributed by atoms with Crippen molar-refractivity contribution in [2.24, 2.45) is 10.9 Å². The lowest BCUT2D eigenvalue weighted by molar-refractivity contribution is 0.0342. The molecule has 1 saturated carbocycles. The molecule has 208 valence electrons. The van der Waals surface area contributed by atoms with Crippen LogP contribution in [0.15, 0.2) is 52.3 Å². The Bertz CT molecular complexity index is 1480. The summed E-state index contributed by atoms with van der Waals surface area (Å²) in [5, 5.41) is 3.03. The molecule has 1 amide bonds. The molecule has 7 nitrogen and oxygen atoms in total. The molecule has 3 aromatic rings. The second-order valence-corrected chi connectivity index (χ2v) is 11.5. The van der Waals surface area contributed by atoms with E-state index in [1.807, 2.05) is 32.2 Å². The number of amides is 1. The van der Waals surface area contributed by atoms with Gasteiger partial charge in [0.15, 0.2) is 0 Å². The van der Waals surface area contributed by atoms with Crippen LogP contribution in [0, 0.1) is 19.8 Å². The molecule has 2 aliphatic heterocycles. The number of H-pyrrole nitrogens is 1. The SMILES string of the molecule is Cc1cc(C)c(CNC(=O)c2cc(-c3ccc(CN4CCOCC4)cc3)cc3c2C=NC3C2CCCC2)c(=O)[nH]1. The maximum Gasteiger partial charge on any atom is 0.253 e. The lowest BCUT2D eigenvalue weighted by Crippen LogP contribution is -2.35. The first-order chi connectivity index (χ1) is 19.5. The van der Waals surface area contributed by atoms with Gasteiger partial charge in [0.2, 0.25) is 0 Å². The number of aromatic nitrogens is 1. The van der Waals surface area contributed by atoms with E-state index < -0.39 is 0 Å². The van der Waals surface area contributed by atoms with Gasteiger partial charge in [-0.1, -0.05) is 37.1 Å². The van der Waals surface area contributed by atoms with E-state index >= 15 is 0 Å². The maximum absolute atomic E-state index is 13.7. The molecule has 1 aliphatic carbocycles. The highest BCUT2D eigenvalue weighted by atomic mass is 16.5. The fourth-order valence-electron chi connectivity index (χ4n) is 6.49. The molecule has 2 fully saturated rings. The van der Waals surface area contributed by atoms with Crippen LogP contribution in [0.4, 0.5) is 0 Å². The molecule has 6 rings (SSSR count). The number of ether oxygens (including phenoxy) is 1. The van der Waals surface area contributed by atoms with E-state index in [9.17, 15) is 9.59 Å². The molecule has 1 saturated heterocycles. The zero-order valence-corrected chi connectivity index (χ0v) is 23.5. The molecular formula is C33H38N4O3. The molecule has 0 radical (unpaired) electrons. The number of carbonyl (C=O) groups is 1. The number of nitrogens with zero attached hydrogens (tertiary/aromatic N) is 2. The van der Waals surface area contributed by atoms with Crippen LogP contribution in [0.25, 0.3) is 11.1 Å². The molecule has 0 spiro atoms. The van der Waals surface area contributed by atoms with E-state index in [0.717, 1.165) is 66.4 Å². The van der Waals surface area contributed by atoms with Gasteiger partial charge >= 0.3 is 0 Å². The van der Waals surface area contributed by atoms with Gasteiger partial charge in [-0.2, -0.15) is 0 Å². The third kappa shape index (κ3) is 5.54.